The number of carbonyl (C=O) groups is 1. The Morgan fingerprint density at radius 2 is 2.12 bits per heavy atom. The smallest absolute Gasteiger partial charge is 0.303 e. The number of piperazine rings is 1. The third-order valence-electron chi connectivity index (χ3n) is 5.76. The molecule has 0 aliphatic carbocycles. The van der Waals surface area contributed by atoms with Crippen molar-refractivity contribution in [2.75, 3.05) is 46.3 Å². The number of likely N-dealkylation sites (tertiary alicyclic amines) is 1. The molecule has 0 radical (unpaired) electrons. The number of carboxylic acid groups (broad SMARTS) is 1. The van der Waals surface area contributed by atoms with Gasteiger partial charge in [0, 0.05) is 69.7 Å². The molecule has 0 bridgehead atoms. The van der Waals surface area contributed by atoms with Crippen LogP contribution in [0.3, 0.4) is 0 Å². The number of piperidine rings is 1. The van der Waals surface area contributed by atoms with Gasteiger partial charge in [-0.2, -0.15) is 5.10 Å². The van der Waals surface area contributed by atoms with Gasteiger partial charge in [-0.1, -0.05) is 6.58 Å². The van der Waals surface area contributed by atoms with Gasteiger partial charge in [-0.15, -0.1) is 0 Å². The van der Waals surface area contributed by atoms with E-state index in [-0.39, 0.29) is 6.42 Å². The third-order valence-corrected chi connectivity index (χ3v) is 5.76. The third kappa shape index (κ3) is 4.93. The molecule has 1 N–H and O–H groups in total. The van der Waals surface area contributed by atoms with Gasteiger partial charge in [0.2, 0.25) is 0 Å². The zero-order valence-corrected chi connectivity index (χ0v) is 15.8. The molecule has 0 spiro atoms. The summed E-state index contributed by atoms with van der Waals surface area (Å²) in [6.45, 7) is 11.0. The van der Waals surface area contributed by atoms with Gasteiger partial charge in [0.05, 0.1) is 6.20 Å². The van der Waals surface area contributed by atoms with Crippen molar-refractivity contribution in [2.24, 2.45) is 5.92 Å². The zero-order chi connectivity index (χ0) is 18.5. The summed E-state index contributed by atoms with van der Waals surface area (Å²) in [7, 11) is 2.17. The van der Waals surface area contributed by atoms with E-state index in [1.165, 1.54) is 5.56 Å². The molecule has 7 heteroatoms. The van der Waals surface area contributed by atoms with Crippen LogP contribution >= 0.6 is 0 Å². The molecule has 1 aromatic heterocycles. The molecule has 26 heavy (non-hydrogen) atoms. The highest BCUT2D eigenvalue weighted by Gasteiger charge is 2.34. The van der Waals surface area contributed by atoms with E-state index in [0.717, 1.165) is 58.7 Å². The highest BCUT2D eigenvalue weighted by Crippen LogP contribution is 2.28. The molecule has 7 nitrogen and oxygen atoms in total. The van der Waals surface area contributed by atoms with Gasteiger partial charge >= 0.3 is 5.97 Å². The lowest BCUT2D eigenvalue weighted by molar-refractivity contribution is -0.137. The van der Waals surface area contributed by atoms with E-state index < -0.39 is 5.97 Å². The number of nitrogens with zero attached hydrogens (tertiary/aromatic N) is 5. The first-order valence-electron chi connectivity index (χ1n) is 9.57. The maximum absolute atomic E-state index is 11.1. The highest BCUT2D eigenvalue weighted by molar-refractivity contribution is 5.66. The monoisotopic (exact) mass is 361 g/mol. The summed E-state index contributed by atoms with van der Waals surface area (Å²) in [4.78, 5) is 18.5. The van der Waals surface area contributed by atoms with Crippen molar-refractivity contribution < 1.29 is 9.90 Å². The van der Waals surface area contributed by atoms with Crippen molar-refractivity contribution >= 4 is 12.2 Å². The molecule has 0 unspecified atom stereocenters. The maximum Gasteiger partial charge on any atom is 0.303 e. The number of hydrogen-bond donors (Lipinski definition) is 1. The minimum Gasteiger partial charge on any atom is -0.481 e. The van der Waals surface area contributed by atoms with E-state index in [2.05, 4.69) is 33.4 Å². The Kier molecular flexibility index (Phi) is 6.45. The molecular weight excluding hydrogens is 330 g/mol. The average molecular weight is 361 g/mol. The largest absolute Gasteiger partial charge is 0.481 e. The quantitative estimate of drug-likeness (QED) is 0.789. The van der Waals surface area contributed by atoms with Crippen LogP contribution in [0.4, 0.5) is 0 Å². The van der Waals surface area contributed by atoms with Crippen LogP contribution in [0.25, 0.3) is 6.20 Å². The maximum atomic E-state index is 11.1. The van der Waals surface area contributed by atoms with E-state index >= 15 is 0 Å². The van der Waals surface area contributed by atoms with Gasteiger partial charge in [-0.05, 0) is 32.4 Å². The number of hydrogen-bond acceptors (Lipinski definition) is 5. The van der Waals surface area contributed by atoms with Crippen LogP contribution in [0.5, 0.6) is 0 Å². The fourth-order valence-corrected chi connectivity index (χ4v) is 4.28. The van der Waals surface area contributed by atoms with Crippen molar-refractivity contribution in [2.45, 2.75) is 31.8 Å². The van der Waals surface area contributed by atoms with Crippen LogP contribution in [-0.4, -0.2) is 87.9 Å². The van der Waals surface area contributed by atoms with Crippen molar-refractivity contribution in [1.29, 1.82) is 0 Å². The Morgan fingerprint density at radius 1 is 1.35 bits per heavy atom. The fraction of sp³-hybridized carbons (Fsp3) is 0.684. The lowest BCUT2D eigenvalue weighted by Crippen LogP contribution is -2.56. The van der Waals surface area contributed by atoms with Crippen molar-refractivity contribution in [3.63, 3.8) is 0 Å². The summed E-state index contributed by atoms with van der Waals surface area (Å²) in [5, 5.41) is 13.4. The Bertz CT molecular complexity index is 609. The second kappa shape index (κ2) is 8.79. The molecule has 2 aliphatic heterocycles. The highest BCUT2D eigenvalue weighted by atomic mass is 16.4. The molecule has 1 aromatic rings. The van der Waals surface area contributed by atoms with Gasteiger partial charge in [0.1, 0.15) is 0 Å². The van der Waals surface area contributed by atoms with E-state index in [9.17, 15) is 4.79 Å². The summed E-state index contributed by atoms with van der Waals surface area (Å²) < 4.78 is 1.73. The summed E-state index contributed by atoms with van der Waals surface area (Å²) in [6.07, 6.45) is 7.72. The van der Waals surface area contributed by atoms with E-state index in [0.29, 0.717) is 12.0 Å². The zero-order valence-electron chi connectivity index (χ0n) is 15.8. The predicted molar refractivity (Wildman–Crippen MR) is 102 cm³/mol. The summed E-state index contributed by atoms with van der Waals surface area (Å²) in [6, 6.07) is 0.509. The number of carboxylic acids is 1. The van der Waals surface area contributed by atoms with Crippen LogP contribution in [0.15, 0.2) is 19.0 Å². The van der Waals surface area contributed by atoms with Crippen molar-refractivity contribution in [1.82, 2.24) is 24.5 Å². The minimum absolute atomic E-state index is 0.261. The Balaban J connectivity index is 1.62. The summed E-state index contributed by atoms with van der Waals surface area (Å²) >= 11 is 0. The molecule has 0 aromatic carbocycles. The molecule has 2 aliphatic rings. The standard InChI is InChI=1S/C19H31N5O2/c1-3-24-14-16(12-20-24)13-22-7-6-18(17(15-22)4-5-19(25)26)23-10-8-21(2)9-11-23/h3,12,14,17-18H,1,4-11,13,15H2,2H3,(H,25,26)/t17-,18+/m0/s1. The van der Waals surface area contributed by atoms with E-state index in [1.807, 2.05) is 12.4 Å². The van der Waals surface area contributed by atoms with Crippen LogP contribution in [0.1, 0.15) is 24.8 Å². The Morgan fingerprint density at radius 3 is 2.77 bits per heavy atom. The number of aliphatic carboxylic acids is 1. The molecule has 0 amide bonds. The lowest BCUT2D eigenvalue weighted by atomic mass is 9.86. The molecule has 0 saturated carbocycles. The molecule has 3 heterocycles. The average Bonchev–Trinajstić information content (AvgIpc) is 3.08. The van der Waals surface area contributed by atoms with Crippen LogP contribution in [0.2, 0.25) is 0 Å². The topological polar surface area (TPSA) is 64.8 Å². The van der Waals surface area contributed by atoms with E-state index in [4.69, 9.17) is 5.11 Å². The Hall–Kier alpha value is -1.70. The number of rotatable bonds is 7. The first-order valence-corrected chi connectivity index (χ1v) is 9.57. The molecular formula is C19H31N5O2. The minimum atomic E-state index is -0.688. The van der Waals surface area contributed by atoms with Gasteiger partial charge < -0.3 is 10.0 Å². The summed E-state index contributed by atoms with van der Waals surface area (Å²) in [5.74, 6) is -0.274. The first-order chi connectivity index (χ1) is 12.5. The van der Waals surface area contributed by atoms with Gasteiger partial charge in [-0.3, -0.25) is 14.6 Å². The second-order valence-corrected chi connectivity index (χ2v) is 7.63. The van der Waals surface area contributed by atoms with Crippen LogP contribution in [-0.2, 0) is 11.3 Å². The predicted octanol–water partition coefficient (Wildman–Crippen LogP) is 1.29. The molecule has 2 fully saturated rings. The number of aromatic nitrogens is 2. The fourth-order valence-electron chi connectivity index (χ4n) is 4.28. The normalized spacial score (nSPS) is 26.0. The second-order valence-electron chi connectivity index (χ2n) is 7.63. The Labute approximate surface area is 155 Å². The van der Waals surface area contributed by atoms with Gasteiger partial charge in [-0.25, -0.2) is 4.68 Å². The van der Waals surface area contributed by atoms with Crippen molar-refractivity contribution in [3.05, 3.63) is 24.5 Å². The SMILES string of the molecule is C=Cn1cc(CN2CC[C@@H](N3CCN(C)CC3)[C@@H](CCC(=O)O)C2)cn1. The summed E-state index contributed by atoms with van der Waals surface area (Å²) in [5.41, 5.74) is 1.18. The van der Waals surface area contributed by atoms with Crippen molar-refractivity contribution in [3.8, 4) is 0 Å². The van der Waals surface area contributed by atoms with E-state index in [1.54, 1.807) is 10.9 Å². The molecule has 144 valence electrons. The van der Waals surface area contributed by atoms with Gasteiger partial charge in [0.25, 0.3) is 0 Å². The van der Waals surface area contributed by atoms with Gasteiger partial charge in [0.15, 0.2) is 0 Å². The first kappa shape index (κ1) is 19.1. The molecule has 3 rings (SSSR count). The number of likely N-dealkylation sites (N-methyl/N-ethyl adjacent to an activating group) is 1. The van der Waals surface area contributed by atoms with Crippen LogP contribution < -0.4 is 0 Å². The lowest BCUT2D eigenvalue weighted by Gasteiger charge is -2.46. The molecule has 2 saturated heterocycles. The molecule has 2 atom stereocenters. The van der Waals surface area contributed by atoms with Crippen LogP contribution in [0, 0.1) is 5.92 Å².